The monoisotopic (exact) mass is 407 g/mol. The van der Waals surface area contributed by atoms with Gasteiger partial charge in [-0.15, -0.1) is 0 Å². The maximum Gasteiger partial charge on any atom is 0.228 e. The molecule has 2 aromatic carbocycles. The fraction of sp³-hybridized carbons (Fsp3) is 0.391. The number of hydrogen-bond acceptors (Lipinski definition) is 5. The molecule has 2 aromatic rings. The van der Waals surface area contributed by atoms with Crippen LogP contribution in [-0.4, -0.2) is 62.7 Å². The van der Waals surface area contributed by atoms with Crippen LogP contribution in [0.4, 0.5) is 11.4 Å². The van der Waals surface area contributed by atoms with Gasteiger partial charge in [0.05, 0.1) is 5.92 Å². The molecule has 156 valence electrons. The minimum absolute atomic E-state index is 0.0204. The minimum Gasteiger partial charge on any atom is -0.486 e. The van der Waals surface area contributed by atoms with E-state index in [1.54, 1.807) is 4.90 Å². The third-order valence-electron chi connectivity index (χ3n) is 6.02. The van der Waals surface area contributed by atoms with Crippen LogP contribution in [0.1, 0.15) is 6.42 Å². The molecule has 2 fully saturated rings. The van der Waals surface area contributed by atoms with Crippen molar-refractivity contribution in [2.24, 2.45) is 5.92 Å². The Bertz CT molecular complexity index is 941. The molecule has 7 nitrogen and oxygen atoms in total. The normalized spacial score (nSPS) is 21.1. The number of carbonyl (C=O) groups is 2. The first-order valence-electron chi connectivity index (χ1n) is 10.5. The van der Waals surface area contributed by atoms with E-state index in [1.165, 1.54) is 5.69 Å². The van der Waals surface area contributed by atoms with E-state index in [1.807, 2.05) is 41.3 Å². The number of rotatable bonds is 3. The zero-order valence-corrected chi connectivity index (χ0v) is 16.8. The molecule has 0 aliphatic carbocycles. The predicted octanol–water partition coefficient (Wildman–Crippen LogP) is 2.16. The van der Waals surface area contributed by atoms with E-state index < -0.39 is 0 Å². The second-order valence-corrected chi connectivity index (χ2v) is 7.88. The van der Waals surface area contributed by atoms with Gasteiger partial charge in [-0.2, -0.15) is 0 Å². The number of para-hydroxylation sites is 1. The van der Waals surface area contributed by atoms with Gasteiger partial charge >= 0.3 is 0 Å². The number of amides is 2. The van der Waals surface area contributed by atoms with Crippen LogP contribution < -0.4 is 19.3 Å². The second kappa shape index (κ2) is 7.89. The molecule has 2 saturated heterocycles. The molecule has 0 spiro atoms. The van der Waals surface area contributed by atoms with Crippen LogP contribution >= 0.6 is 0 Å². The molecular weight excluding hydrogens is 382 g/mol. The molecule has 0 radical (unpaired) electrons. The van der Waals surface area contributed by atoms with Crippen molar-refractivity contribution in [3.8, 4) is 11.5 Å². The lowest BCUT2D eigenvalue weighted by Gasteiger charge is -2.37. The third kappa shape index (κ3) is 3.56. The molecule has 1 atom stereocenters. The van der Waals surface area contributed by atoms with Gasteiger partial charge in [0, 0.05) is 56.6 Å². The van der Waals surface area contributed by atoms with Crippen molar-refractivity contribution in [2.45, 2.75) is 6.42 Å². The van der Waals surface area contributed by atoms with Crippen molar-refractivity contribution in [1.29, 1.82) is 0 Å². The second-order valence-electron chi connectivity index (χ2n) is 7.88. The first-order valence-corrected chi connectivity index (χ1v) is 10.5. The van der Waals surface area contributed by atoms with Crippen LogP contribution in [0.3, 0.4) is 0 Å². The average molecular weight is 407 g/mol. The van der Waals surface area contributed by atoms with Gasteiger partial charge in [0.25, 0.3) is 0 Å². The molecule has 0 N–H and O–H groups in total. The van der Waals surface area contributed by atoms with Crippen LogP contribution in [0.25, 0.3) is 0 Å². The summed E-state index contributed by atoms with van der Waals surface area (Å²) in [6.07, 6.45) is 0.256. The summed E-state index contributed by atoms with van der Waals surface area (Å²) in [5.41, 5.74) is 1.94. The highest BCUT2D eigenvalue weighted by Gasteiger charge is 2.38. The van der Waals surface area contributed by atoms with Crippen molar-refractivity contribution >= 4 is 23.2 Å². The van der Waals surface area contributed by atoms with E-state index in [2.05, 4.69) is 17.0 Å². The smallest absolute Gasteiger partial charge is 0.228 e. The number of carbonyl (C=O) groups excluding carboxylic acids is 2. The van der Waals surface area contributed by atoms with Gasteiger partial charge in [0.1, 0.15) is 13.2 Å². The molecule has 0 bridgehead atoms. The standard InChI is InChI=1S/C23H25N3O4/c27-22-14-17(16-26(22)19-6-7-20-21(15-19)30-13-12-29-20)23(28)25-10-8-24(9-11-25)18-4-2-1-3-5-18/h1-7,15,17H,8-14,16H2/t17-/m0/s1. The van der Waals surface area contributed by atoms with Crippen LogP contribution in [0.5, 0.6) is 11.5 Å². The first-order chi connectivity index (χ1) is 14.7. The first kappa shape index (κ1) is 18.8. The maximum absolute atomic E-state index is 13.1. The summed E-state index contributed by atoms with van der Waals surface area (Å²) in [5.74, 6) is 1.11. The Kier molecular flexibility index (Phi) is 4.94. The van der Waals surface area contributed by atoms with Crippen LogP contribution in [0, 0.1) is 5.92 Å². The molecule has 3 heterocycles. The van der Waals surface area contributed by atoms with E-state index in [4.69, 9.17) is 9.47 Å². The molecule has 5 rings (SSSR count). The van der Waals surface area contributed by atoms with Gasteiger partial charge in [0.15, 0.2) is 11.5 Å². The quantitative estimate of drug-likeness (QED) is 0.780. The minimum atomic E-state index is -0.297. The Hall–Kier alpha value is -3.22. The van der Waals surface area contributed by atoms with Gasteiger partial charge in [-0.05, 0) is 24.3 Å². The molecule has 30 heavy (non-hydrogen) atoms. The molecule has 3 aliphatic rings. The largest absolute Gasteiger partial charge is 0.486 e. The number of hydrogen-bond donors (Lipinski definition) is 0. The number of fused-ring (bicyclic) bond motifs is 1. The number of anilines is 2. The summed E-state index contributed by atoms with van der Waals surface area (Å²) in [4.78, 5) is 31.6. The molecule has 7 heteroatoms. The SMILES string of the molecule is O=C([C@H]1CC(=O)N(c2ccc3c(c2)OCCO3)C1)N1CCN(c2ccccc2)CC1. The molecule has 0 saturated carbocycles. The Balaban J connectivity index is 1.22. The van der Waals surface area contributed by atoms with Crippen LogP contribution in [0.2, 0.25) is 0 Å². The summed E-state index contributed by atoms with van der Waals surface area (Å²) in [6, 6.07) is 15.8. The highest BCUT2D eigenvalue weighted by Crippen LogP contribution is 2.36. The highest BCUT2D eigenvalue weighted by atomic mass is 16.6. The molecule has 0 unspecified atom stereocenters. The van der Waals surface area contributed by atoms with Gasteiger partial charge in [0.2, 0.25) is 11.8 Å². The Morgan fingerprint density at radius 2 is 1.60 bits per heavy atom. The van der Waals surface area contributed by atoms with Gasteiger partial charge in [-0.25, -0.2) is 0 Å². The van der Waals surface area contributed by atoms with Crippen LogP contribution in [0.15, 0.2) is 48.5 Å². The van der Waals surface area contributed by atoms with E-state index in [0.717, 1.165) is 18.8 Å². The van der Waals surface area contributed by atoms with E-state index in [0.29, 0.717) is 44.3 Å². The van der Waals surface area contributed by atoms with Crippen molar-refractivity contribution < 1.29 is 19.1 Å². The maximum atomic E-state index is 13.1. The topological polar surface area (TPSA) is 62.3 Å². The lowest BCUT2D eigenvalue weighted by atomic mass is 10.1. The molecule has 0 aromatic heterocycles. The van der Waals surface area contributed by atoms with Crippen molar-refractivity contribution in [3.05, 3.63) is 48.5 Å². The molecule has 3 aliphatic heterocycles. The van der Waals surface area contributed by atoms with Gasteiger partial charge < -0.3 is 24.2 Å². The predicted molar refractivity (Wildman–Crippen MR) is 113 cm³/mol. The summed E-state index contributed by atoms with van der Waals surface area (Å²) in [5, 5.41) is 0. The fourth-order valence-corrected chi connectivity index (χ4v) is 4.40. The van der Waals surface area contributed by atoms with E-state index in [9.17, 15) is 9.59 Å². The summed E-state index contributed by atoms with van der Waals surface area (Å²) in [6.45, 7) is 4.43. The van der Waals surface area contributed by atoms with E-state index in [-0.39, 0.29) is 24.2 Å². The van der Waals surface area contributed by atoms with Gasteiger partial charge in [-0.3, -0.25) is 9.59 Å². The number of benzene rings is 2. The average Bonchev–Trinajstić information content (AvgIpc) is 3.20. The summed E-state index contributed by atoms with van der Waals surface area (Å²) in [7, 11) is 0. The number of ether oxygens (including phenoxy) is 2. The zero-order valence-electron chi connectivity index (χ0n) is 16.8. The van der Waals surface area contributed by atoms with Crippen LogP contribution in [-0.2, 0) is 9.59 Å². The van der Waals surface area contributed by atoms with Crippen molar-refractivity contribution in [1.82, 2.24) is 4.90 Å². The van der Waals surface area contributed by atoms with Crippen molar-refractivity contribution in [3.63, 3.8) is 0 Å². The third-order valence-corrected chi connectivity index (χ3v) is 6.02. The summed E-state index contributed by atoms with van der Waals surface area (Å²) >= 11 is 0. The van der Waals surface area contributed by atoms with E-state index >= 15 is 0 Å². The highest BCUT2D eigenvalue weighted by molar-refractivity contribution is 6.00. The van der Waals surface area contributed by atoms with Gasteiger partial charge in [-0.1, -0.05) is 18.2 Å². The number of nitrogens with zero attached hydrogens (tertiary/aromatic N) is 3. The number of piperazine rings is 1. The molecule has 2 amide bonds. The lowest BCUT2D eigenvalue weighted by Crippen LogP contribution is -2.50. The summed E-state index contributed by atoms with van der Waals surface area (Å²) < 4.78 is 11.2. The Morgan fingerprint density at radius 3 is 2.37 bits per heavy atom. The fourth-order valence-electron chi connectivity index (χ4n) is 4.40. The Morgan fingerprint density at radius 1 is 0.867 bits per heavy atom. The lowest BCUT2D eigenvalue weighted by molar-refractivity contribution is -0.136. The van der Waals surface area contributed by atoms with Crippen molar-refractivity contribution in [2.75, 3.05) is 55.7 Å². The Labute approximate surface area is 175 Å². The zero-order chi connectivity index (χ0) is 20.5. The molecular formula is C23H25N3O4.